The quantitative estimate of drug-likeness (QED) is 0.768. The summed E-state index contributed by atoms with van der Waals surface area (Å²) in [6.07, 6.45) is 3.59. The van der Waals surface area contributed by atoms with Crippen molar-refractivity contribution in [1.82, 2.24) is 15.3 Å². The maximum Gasteiger partial charge on any atom is 0.270 e. The number of carbonyl (C=O) groups excluding carboxylic acids is 1. The van der Waals surface area contributed by atoms with Gasteiger partial charge in [0.1, 0.15) is 11.5 Å². The molecule has 0 bridgehead atoms. The lowest BCUT2D eigenvalue weighted by Crippen LogP contribution is -2.45. The van der Waals surface area contributed by atoms with Crippen molar-refractivity contribution < 1.29 is 4.79 Å². The molecule has 1 aromatic carbocycles. The SMILES string of the molecule is O=C(NC1CCN(c2ccccn2)CC1)c1ccc2ccc(Cl)cc2n1. The standard InChI is InChI=1S/C20H19ClN4O/c21-15-6-4-14-5-7-17(24-18(14)13-15)20(26)23-16-8-11-25(12-9-16)19-3-1-2-10-22-19/h1-7,10,13,16H,8-9,11-12H2,(H,23,26). The number of aromatic nitrogens is 2. The molecule has 0 spiro atoms. The second kappa shape index (κ2) is 7.30. The minimum absolute atomic E-state index is 0.136. The van der Waals surface area contributed by atoms with E-state index in [1.54, 1.807) is 18.3 Å². The Kier molecular flexibility index (Phi) is 4.71. The molecule has 0 radical (unpaired) electrons. The third kappa shape index (κ3) is 3.63. The van der Waals surface area contributed by atoms with Crippen LogP contribution in [0.25, 0.3) is 10.9 Å². The lowest BCUT2D eigenvalue weighted by Gasteiger charge is -2.33. The Hall–Kier alpha value is -2.66. The van der Waals surface area contributed by atoms with E-state index in [9.17, 15) is 4.79 Å². The molecule has 26 heavy (non-hydrogen) atoms. The molecule has 1 aliphatic heterocycles. The molecule has 4 rings (SSSR count). The zero-order valence-electron chi connectivity index (χ0n) is 14.2. The van der Waals surface area contributed by atoms with E-state index >= 15 is 0 Å². The van der Waals surface area contributed by atoms with E-state index in [1.165, 1.54) is 0 Å². The van der Waals surface area contributed by atoms with E-state index in [1.807, 2.05) is 36.4 Å². The molecule has 0 saturated carbocycles. The van der Waals surface area contributed by atoms with Crippen molar-refractivity contribution in [2.24, 2.45) is 0 Å². The lowest BCUT2D eigenvalue weighted by atomic mass is 10.0. The van der Waals surface area contributed by atoms with Gasteiger partial charge in [-0.3, -0.25) is 4.79 Å². The normalized spacial score (nSPS) is 15.2. The van der Waals surface area contributed by atoms with Gasteiger partial charge in [-0.25, -0.2) is 9.97 Å². The number of fused-ring (bicyclic) bond motifs is 1. The van der Waals surface area contributed by atoms with E-state index in [0.29, 0.717) is 10.7 Å². The smallest absolute Gasteiger partial charge is 0.270 e. The number of carbonyl (C=O) groups is 1. The number of rotatable bonds is 3. The molecule has 2 aromatic heterocycles. The first-order valence-corrected chi connectivity index (χ1v) is 9.10. The summed E-state index contributed by atoms with van der Waals surface area (Å²) in [7, 11) is 0. The second-order valence-corrected chi connectivity index (χ2v) is 6.89. The van der Waals surface area contributed by atoms with Crippen molar-refractivity contribution in [2.75, 3.05) is 18.0 Å². The number of nitrogens with one attached hydrogen (secondary N) is 1. The van der Waals surface area contributed by atoms with E-state index in [2.05, 4.69) is 20.2 Å². The zero-order chi connectivity index (χ0) is 17.9. The number of halogens is 1. The summed E-state index contributed by atoms with van der Waals surface area (Å²) in [6, 6.07) is 15.2. The van der Waals surface area contributed by atoms with E-state index in [4.69, 9.17) is 11.6 Å². The van der Waals surface area contributed by atoms with Crippen LogP contribution in [-0.4, -0.2) is 35.0 Å². The van der Waals surface area contributed by atoms with Crippen molar-refractivity contribution >= 4 is 34.2 Å². The van der Waals surface area contributed by atoms with Crippen LogP contribution in [0, 0.1) is 0 Å². The molecule has 0 unspecified atom stereocenters. The monoisotopic (exact) mass is 366 g/mol. The predicted molar refractivity (Wildman–Crippen MR) is 104 cm³/mol. The molecular formula is C20H19ClN4O. The number of pyridine rings is 2. The number of anilines is 1. The molecule has 132 valence electrons. The fourth-order valence-corrected chi connectivity index (χ4v) is 3.44. The topological polar surface area (TPSA) is 58.1 Å². The zero-order valence-corrected chi connectivity index (χ0v) is 15.0. The van der Waals surface area contributed by atoms with Crippen LogP contribution in [-0.2, 0) is 0 Å². The summed E-state index contributed by atoms with van der Waals surface area (Å²) < 4.78 is 0. The minimum Gasteiger partial charge on any atom is -0.356 e. The van der Waals surface area contributed by atoms with E-state index in [0.717, 1.165) is 42.7 Å². The molecule has 1 N–H and O–H groups in total. The summed E-state index contributed by atoms with van der Waals surface area (Å²) in [6.45, 7) is 1.76. The Bertz CT molecular complexity index is 924. The molecule has 5 nitrogen and oxygen atoms in total. The summed E-state index contributed by atoms with van der Waals surface area (Å²) in [4.78, 5) is 23.6. The predicted octanol–water partition coefficient (Wildman–Crippen LogP) is 3.68. The molecule has 0 aliphatic carbocycles. The lowest BCUT2D eigenvalue weighted by molar-refractivity contribution is 0.0926. The molecule has 3 heterocycles. The summed E-state index contributed by atoms with van der Waals surface area (Å²) in [5, 5.41) is 4.69. The van der Waals surface area contributed by atoms with Gasteiger partial charge in [-0.05, 0) is 43.2 Å². The molecule has 6 heteroatoms. The second-order valence-electron chi connectivity index (χ2n) is 6.46. The first kappa shape index (κ1) is 16.8. The Labute approximate surface area is 157 Å². The van der Waals surface area contributed by atoms with Crippen LogP contribution in [0.3, 0.4) is 0 Å². The third-order valence-electron chi connectivity index (χ3n) is 4.69. The van der Waals surface area contributed by atoms with E-state index < -0.39 is 0 Å². The van der Waals surface area contributed by atoms with Crippen LogP contribution in [0.4, 0.5) is 5.82 Å². The van der Waals surface area contributed by atoms with Gasteiger partial charge in [0.15, 0.2) is 0 Å². The van der Waals surface area contributed by atoms with Crippen LogP contribution < -0.4 is 10.2 Å². The third-order valence-corrected chi connectivity index (χ3v) is 4.93. The van der Waals surface area contributed by atoms with Crippen LogP contribution in [0.1, 0.15) is 23.3 Å². The Morgan fingerprint density at radius 1 is 1.12 bits per heavy atom. The van der Waals surface area contributed by atoms with Gasteiger partial charge < -0.3 is 10.2 Å². The molecule has 1 fully saturated rings. The van der Waals surface area contributed by atoms with Crippen LogP contribution >= 0.6 is 11.6 Å². The number of hydrogen-bond acceptors (Lipinski definition) is 4. The van der Waals surface area contributed by atoms with Crippen molar-refractivity contribution in [1.29, 1.82) is 0 Å². The van der Waals surface area contributed by atoms with Gasteiger partial charge in [0.05, 0.1) is 5.52 Å². The molecule has 0 atom stereocenters. The van der Waals surface area contributed by atoms with E-state index in [-0.39, 0.29) is 11.9 Å². The maximum atomic E-state index is 12.6. The fourth-order valence-electron chi connectivity index (χ4n) is 3.27. The average Bonchev–Trinajstić information content (AvgIpc) is 2.68. The Balaban J connectivity index is 1.40. The van der Waals surface area contributed by atoms with Gasteiger partial charge in [-0.15, -0.1) is 0 Å². The van der Waals surface area contributed by atoms with Gasteiger partial charge in [-0.2, -0.15) is 0 Å². The molecule has 1 saturated heterocycles. The van der Waals surface area contributed by atoms with Crippen LogP contribution in [0.5, 0.6) is 0 Å². The minimum atomic E-state index is -0.136. The Morgan fingerprint density at radius 3 is 2.69 bits per heavy atom. The highest BCUT2D eigenvalue weighted by Crippen LogP contribution is 2.19. The first-order chi connectivity index (χ1) is 12.7. The van der Waals surface area contributed by atoms with Crippen molar-refractivity contribution in [3.63, 3.8) is 0 Å². The number of benzene rings is 1. The number of amides is 1. The number of hydrogen-bond donors (Lipinski definition) is 1. The number of nitrogens with zero attached hydrogens (tertiary/aromatic N) is 3. The first-order valence-electron chi connectivity index (χ1n) is 8.72. The largest absolute Gasteiger partial charge is 0.356 e. The maximum absolute atomic E-state index is 12.6. The Morgan fingerprint density at radius 2 is 1.92 bits per heavy atom. The molecular weight excluding hydrogens is 348 g/mol. The van der Waals surface area contributed by atoms with Gasteiger partial charge in [0.2, 0.25) is 0 Å². The van der Waals surface area contributed by atoms with Crippen LogP contribution in [0.15, 0.2) is 54.7 Å². The summed E-state index contributed by atoms with van der Waals surface area (Å²) in [5.74, 6) is 0.855. The van der Waals surface area contributed by atoms with Gasteiger partial charge in [0, 0.05) is 35.7 Å². The highest BCUT2D eigenvalue weighted by atomic mass is 35.5. The summed E-state index contributed by atoms with van der Waals surface area (Å²) in [5.41, 5.74) is 1.15. The van der Waals surface area contributed by atoms with Gasteiger partial charge in [-0.1, -0.05) is 29.8 Å². The highest BCUT2D eigenvalue weighted by molar-refractivity contribution is 6.31. The van der Waals surface area contributed by atoms with Crippen molar-refractivity contribution in [3.05, 3.63) is 65.4 Å². The van der Waals surface area contributed by atoms with Crippen molar-refractivity contribution in [2.45, 2.75) is 18.9 Å². The fraction of sp³-hybridized carbons (Fsp3) is 0.250. The average molecular weight is 367 g/mol. The number of piperidine rings is 1. The molecule has 1 aliphatic rings. The van der Waals surface area contributed by atoms with Gasteiger partial charge in [0.25, 0.3) is 5.91 Å². The van der Waals surface area contributed by atoms with Crippen molar-refractivity contribution in [3.8, 4) is 0 Å². The van der Waals surface area contributed by atoms with Gasteiger partial charge >= 0.3 is 0 Å². The summed E-state index contributed by atoms with van der Waals surface area (Å²) >= 11 is 6.02. The molecule has 1 amide bonds. The molecule has 3 aromatic rings. The highest BCUT2D eigenvalue weighted by Gasteiger charge is 2.22. The van der Waals surface area contributed by atoms with Crippen LogP contribution in [0.2, 0.25) is 5.02 Å².